The second kappa shape index (κ2) is 6.99. The molecule has 5 heteroatoms. The van der Waals surface area contributed by atoms with Crippen molar-refractivity contribution in [1.29, 1.82) is 0 Å². The molecule has 1 saturated heterocycles. The minimum Gasteiger partial charge on any atom is -0.493 e. The van der Waals surface area contributed by atoms with Crippen molar-refractivity contribution in [3.8, 4) is 23.0 Å². The number of fused-ring (bicyclic) bond motifs is 7. The van der Waals surface area contributed by atoms with Gasteiger partial charge in [0.2, 0.25) is 0 Å². The summed E-state index contributed by atoms with van der Waals surface area (Å²) in [5.74, 6) is 3.00. The summed E-state index contributed by atoms with van der Waals surface area (Å²) in [6, 6.07) is 9.05. The molecule has 0 aliphatic carbocycles. The molecule has 0 saturated carbocycles. The van der Waals surface area contributed by atoms with E-state index in [4.69, 9.17) is 18.9 Å². The molecule has 0 unspecified atom stereocenters. The van der Waals surface area contributed by atoms with E-state index in [1.807, 2.05) is 6.07 Å². The first-order chi connectivity index (χ1) is 14.2. The van der Waals surface area contributed by atoms with Gasteiger partial charge >= 0.3 is 0 Å². The van der Waals surface area contributed by atoms with Crippen LogP contribution in [0.5, 0.6) is 23.0 Å². The van der Waals surface area contributed by atoms with E-state index in [9.17, 15) is 0 Å². The van der Waals surface area contributed by atoms with Gasteiger partial charge in [-0.15, -0.1) is 0 Å². The first-order valence-corrected chi connectivity index (χ1v) is 10.2. The number of nitrogens with zero attached hydrogens (tertiary/aromatic N) is 1. The van der Waals surface area contributed by atoms with E-state index in [1.54, 1.807) is 28.4 Å². The summed E-state index contributed by atoms with van der Waals surface area (Å²) in [7, 11) is 6.76. The Hall–Kier alpha value is -2.66. The van der Waals surface area contributed by atoms with Crippen molar-refractivity contribution in [2.75, 3.05) is 35.0 Å². The second-order valence-corrected chi connectivity index (χ2v) is 7.90. The van der Waals surface area contributed by atoms with Crippen molar-refractivity contribution < 1.29 is 18.9 Å². The smallest absolute Gasteiger partial charge is 0.169 e. The Bertz CT molecular complexity index is 1090. The summed E-state index contributed by atoms with van der Waals surface area (Å²) in [6.07, 6.45) is 3.63. The third-order valence-corrected chi connectivity index (χ3v) is 6.65. The molecule has 2 heterocycles. The van der Waals surface area contributed by atoms with Crippen LogP contribution >= 0.6 is 0 Å². The molecule has 1 atom stereocenters. The maximum Gasteiger partial charge on any atom is 0.169 e. The summed E-state index contributed by atoms with van der Waals surface area (Å²) in [5, 5.41) is 4.67. The van der Waals surface area contributed by atoms with Crippen LogP contribution in [-0.4, -0.2) is 45.9 Å². The number of methoxy groups -OCH3 is 4. The van der Waals surface area contributed by atoms with E-state index in [-0.39, 0.29) is 0 Å². The number of hydrogen-bond acceptors (Lipinski definition) is 5. The van der Waals surface area contributed by atoms with Crippen molar-refractivity contribution in [3.63, 3.8) is 0 Å². The Labute approximate surface area is 171 Å². The van der Waals surface area contributed by atoms with Crippen molar-refractivity contribution in [1.82, 2.24) is 4.90 Å². The lowest BCUT2D eigenvalue weighted by Crippen LogP contribution is -2.35. The molecule has 1 fully saturated rings. The fourth-order valence-corrected chi connectivity index (χ4v) is 5.29. The van der Waals surface area contributed by atoms with Crippen LogP contribution < -0.4 is 18.9 Å². The van der Waals surface area contributed by atoms with Gasteiger partial charge in [0.15, 0.2) is 23.0 Å². The molecule has 0 radical (unpaired) electrons. The SMILES string of the molecule is COc1cc2c3c(c4ccc(OC)c(OC)c4c2cc1OC)CN1CCC[C@@H]1C3. The van der Waals surface area contributed by atoms with Gasteiger partial charge in [0.05, 0.1) is 28.4 Å². The molecule has 0 amide bonds. The molecular weight excluding hydrogens is 366 g/mol. The van der Waals surface area contributed by atoms with Crippen LogP contribution in [0.15, 0.2) is 24.3 Å². The van der Waals surface area contributed by atoms with E-state index in [1.165, 1.54) is 41.3 Å². The molecule has 0 bridgehead atoms. The molecule has 2 aliphatic heterocycles. The van der Waals surface area contributed by atoms with Gasteiger partial charge in [0.1, 0.15) is 0 Å². The summed E-state index contributed by atoms with van der Waals surface area (Å²) in [5.41, 5.74) is 2.84. The van der Waals surface area contributed by atoms with E-state index >= 15 is 0 Å². The fourth-order valence-electron chi connectivity index (χ4n) is 5.29. The molecule has 152 valence electrons. The molecule has 0 aromatic heterocycles. The summed E-state index contributed by atoms with van der Waals surface area (Å²) < 4.78 is 22.7. The first-order valence-electron chi connectivity index (χ1n) is 10.2. The van der Waals surface area contributed by atoms with Crippen LogP contribution in [-0.2, 0) is 13.0 Å². The average Bonchev–Trinajstić information content (AvgIpc) is 3.23. The molecule has 0 N–H and O–H groups in total. The molecule has 29 heavy (non-hydrogen) atoms. The Morgan fingerprint density at radius 3 is 2.21 bits per heavy atom. The lowest BCUT2D eigenvalue weighted by atomic mass is 9.85. The van der Waals surface area contributed by atoms with Crippen LogP contribution in [0.4, 0.5) is 0 Å². The van der Waals surface area contributed by atoms with Crippen molar-refractivity contribution in [3.05, 3.63) is 35.4 Å². The zero-order valence-electron chi connectivity index (χ0n) is 17.5. The highest BCUT2D eigenvalue weighted by Crippen LogP contribution is 2.48. The normalized spacial score (nSPS) is 18.6. The Morgan fingerprint density at radius 2 is 1.52 bits per heavy atom. The number of benzene rings is 3. The van der Waals surface area contributed by atoms with Crippen molar-refractivity contribution >= 4 is 21.5 Å². The fraction of sp³-hybridized carbons (Fsp3) is 0.417. The van der Waals surface area contributed by atoms with Gasteiger partial charge in [0, 0.05) is 18.0 Å². The van der Waals surface area contributed by atoms with E-state index in [0.717, 1.165) is 46.7 Å². The topological polar surface area (TPSA) is 40.2 Å². The highest BCUT2D eigenvalue weighted by Gasteiger charge is 2.33. The summed E-state index contributed by atoms with van der Waals surface area (Å²) in [4.78, 5) is 2.63. The van der Waals surface area contributed by atoms with E-state index in [0.29, 0.717) is 6.04 Å². The van der Waals surface area contributed by atoms with Gasteiger partial charge in [-0.05, 0) is 71.3 Å². The van der Waals surface area contributed by atoms with E-state index < -0.39 is 0 Å². The van der Waals surface area contributed by atoms with Gasteiger partial charge < -0.3 is 18.9 Å². The minimum absolute atomic E-state index is 0.636. The molecule has 0 spiro atoms. The third-order valence-electron chi connectivity index (χ3n) is 6.65. The van der Waals surface area contributed by atoms with Gasteiger partial charge in [0.25, 0.3) is 0 Å². The van der Waals surface area contributed by atoms with Crippen LogP contribution in [0.2, 0.25) is 0 Å². The highest BCUT2D eigenvalue weighted by atomic mass is 16.5. The second-order valence-electron chi connectivity index (χ2n) is 7.90. The lowest BCUT2D eigenvalue weighted by Gasteiger charge is -2.34. The van der Waals surface area contributed by atoms with Gasteiger partial charge in [-0.1, -0.05) is 6.07 Å². The van der Waals surface area contributed by atoms with Crippen LogP contribution in [0.1, 0.15) is 24.0 Å². The molecule has 2 aliphatic rings. The molecule has 3 aromatic carbocycles. The standard InChI is InChI=1S/C24H27NO4/c1-26-20-8-7-15-19-13-25-9-5-6-14(25)10-16(19)17-11-21(27-2)22(28-3)12-18(17)23(15)24(20)29-4/h7-8,11-12,14H,5-6,9-10,13H2,1-4H3/t14-/m1/s1. The Kier molecular flexibility index (Phi) is 4.43. The van der Waals surface area contributed by atoms with E-state index in [2.05, 4.69) is 23.1 Å². The monoisotopic (exact) mass is 393 g/mol. The summed E-state index contributed by atoms with van der Waals surface area (Å²) >= 11 is 0. The van der Waals surface area contributed by atoms with Gasteiger partial charge in [-0.2, -0.15) is 0 Å². The predicted octanol–water partition coefficient (Wildman–Crippen LogP) is 4.55. The Balaban J connectivity index is 1.94. The molecular formula is C24H27NO4. The van der Waals surface area contributed by atoms with Gasteiger partial charge in [-0.3, -0.25) is 4.90 Å². The molecule has 3 aromatic rings. The zero-order valence-corrected chi connectivity index (χ0v) is 17.5. The highest BCUT2D eigenvalue weighted by molar-refractivity contribution is 6.15. The average molecular weight is 393 g/mol. The van der Waals surface area contributed by atoms with Gasteiger partial charge in [-0.25, -0.2) is 0 Å². The minimum atomic E-state index is 0.636. The van der Waals surface area contributed by atoms with Crippen molar-refractivity contribution in [2.24, 2.45) is 0 Å². The van der Waals surface area contributed by atoms with Crippen molar-refractivity contribution in [2.45, 2.75) is 31.8 Å². The summed E-state index contributed by atoms with van der Waals surface area (Å²) in [6.45, 7) is 2.17. The number of hydrogen-bond donors (Lipinski definition) is 0. The molecule has 5 nitrogen and oxygen atoms in total. The number of rotatable bonds is 4. The maximum atomic E-state index is 5.85. The molecule has 5 rings (SSSR count). The Morgan fingerprint density at radius 1 is 0.793 bits per heavy atom. The largest absolute Gasteiger partial charge is 0.493 e. The number of ether oxygens (including phenoxy) is 4. The third kappa shape index (κ3) is 2.64. The van der Waals surface area contributed by atoms with Crippen LogP contribution in [0.25, 0.3) is 21.5 Å². The lowest BCUT2D eigenvalue weighted by molar-refractivity contribution is 0.229. The maximum absolute atomic E-state index is 5.85. The zero-order chi connectivity index (χ0) is 20.1. The quantitative estimate of drug-likeness (QED) is 0.608. The first kappa shape index (κ1) is 18.4. The van der Waals surface area contributed by atoms with Crippen LogP contribution in [0.3, 0.4) is 0 Å². The van der Waals surface area contributed by atoms with Crippen LogP contribution in [0, 0.1) is 0 Å². The predicted molar refractivity (Wildman–Crippen MR) is 115 cm³/mol.